The minimum atomic E-state index is -1.05. The van der Waals surface area contributed by atoms with Crippen LogP contribution in [-0.2, 0) is 6.54 Å². The van der Waals surface area contributed by atoms with E-state index < -0.39 is 5.97 Å². The van der Waals surface area contributed by atoms with Crippen molar-refractivity contribution in [2.24, 2.45) is 0 Å². The normalized spacial score (nSPS) is 10.3. The highest BCUT2D eigenvalue weighted by Gasteiger charge is 2.12. The van der Waals surface area contributed by atoms with Gasteiger partial charge in [-0.25, -0.2) is 4.79 Å². The average Bonchev–Trinajstić information content (AvgIpc) is 2.47. The molecule has 0 heterocycles. The predicted molar refractivity (Wildman–Crippen MR) is 82.4 cm³/mol. The standard InChI is InChI=1S/C16H18N2O3/c17-15-10-13(6-7-14(15)16(20)21)18(8-9-19)11-12-4-2-1-3-5-12/h1-7,10,19H,8-9,11,17H2,(H,20,21). The van der Waals surface area contributed by atoms with Gasteiger partial charge in [0.1, 0.15) is 0 Å². The number of carbonyl (C=O) groups is 1. The summed E-state index contributed by atoms with van der Waals surface area (Å²) < 4.78 is 0. The number of hydrogen-bond donors (Lipinski definition) is 3. The lowest BCUT2D eigenvalue weighted by molar-refractivity contribution is 0.0698. The number of hydrogen-bond acceptors (Lipinski definition) is 4. The number of rotatable bonds is 6. The van der Waals surface area contributed by atoms with Gasteiger partial charge in [-0.3, -0.25) is 0 Å². The number of aliphatic hydroxyl groups is 1. The second-order valence-electron chi connectivity index (χ2n) is 4.71. The van der Waals surface area contributed by atoms with Gasteiger partial charge < -0.3 is 20.8 Å². The summed E-state index contributed by atoms with van der Waals surface area (Å²) in [5, 5.41) is 18.2. The highest BCUT2D eigenvalue weighted by atomic mass is 16.4. The van der Waals surface area contributed by atoms with Gasteiger partial charge in [0.25, 0.3) is 0 Å². The van der Waals surface area contributed by atoms with Crippen molar-refractivity contribution < 1.29 is 15.0 Å². The first-order chi connectivity index (χ1) is 10.1. The molecule has 0 amide bonds. The molecular weight excluding hydrogens is 268 g/mol. The van der Waals surface area contributed by atoms with E-state index in [1.807, 2.05) is 35.2 Å². The van der Waals surface area contributed by atoms with Crippen LogP contribution >= 0.6 is 0 Å². The molecule has 0 aliphatic heterocycles. The first-order valence-electron chi connectivity index (χ1n) is 6.64. The van der Waals surface area contributed by atoms with Crippen LogP contribution in [0, 0.1) is 0 Å². The van der Waals surface area contributed by atoms with Crippen molar-refractivity contribution in [2.75, 3.05) is 23.8 Å². The molecule has 0 aliphatic carbocycles. The third-order valence-electron chi connectivity index (χ3n) is 3.22. The molecule has 0 aromatic heterocycles. The van der Waals surface area contributed by atoms with Crippen molar-refractivity contribution in [2.45, 2.75) is 6.54 Å². The lowest BCUT2D eigenvalue weighted by atomic mass is 10.1. The van der Waals surface area contributed by atoms with Crippen LogP contribution in [0.3, 0.4) is 0 Å². The van der Waals surface area contributed by atoms with E-state index in [0.29, 0.717) is 13.1 Å². The summed E-state index contributed by atoms with van der Waals surface area (Å²) in [6, 6.07) is 14.7. The Hall–Kier alpha value is -2.53. The van der Waals surface area contributed by atoms with Crippen molar-refractivity contribution in [3.8, 4) is 0 Å². The molecule has 0 spiro atoms. The van der Waals surface area contributed by atoms with Gasteiger partial charge in [0.15, 0.2) is 0 Å². The molecule has 0 radical (unpaired) electrons. The van der Waals surface area contributed by atoms with Crippen LogP contribution in [0.2, 0.25) is 0 Å². The van der Waals surface area contributed by atoms with Crippen molar-refractivity contribution in [1.82, 2.24) is 0 Å². The Morgan fingerprint density at radius 1 is 1.14 bits per heavy atom. The van der Waals surface area contributed by atoms with Gasteiger partial charge in [0.05, 0.1) is 12.2 Å². The van der Waals surface area contributed by atoms with E-state index in [0.717, 1.165) is 11.3 Å². The monoisotopic (exact) mass is 286 g/mol. The third-order valence-corrected chi connectivity index (χ3v) is 3.22. The van der Waals surface area contributed by atoms with Crippen molar-refractivity contribution >= 4 is 17.3 Å². The van der Waals surface area contributed by atoms with Gasteiger partial charge in [0.2, 0.25) is 0 Å². The summed E-state index contributed by atoms with van der Waals surface area (Å²) in [7, 11) is 0. The molecule has 2 aromatic rings. The molecule has 0 saturated carbocycles. The van der Waals surface area contributed by atoms with Gasteiger partial charge in [0, 0.05) is 24.5 Å². The van der Waals surface area contributed by atoms with E-state index in [4.69, 9.17) is 10.8 Å². The van der Waals surface area contributed by atoms with Gasteiger partial charge in [-0.1, -0.05) is 30.3 Å². The zero-order valence-electron chi connectivity index (χ0n) is 11.6. The number of benzene rings is 2. The molecule has 0 saturated heterocycles. The molecule has 0 unspecified atom stereocenters. The zero-order chi connectivity index (χ0) is 15.2. The van der Waals surface area contributed by atoms with Gasteiger partial charge >= 0.3 is 5.97 Å². The molecule has 5 heteroatoms. The number of aromatic carboxylic acids is 1. The number of carboxylic acids is 1. The Morgan fingerprint density at radius 2 is 1.86 bits per heavy atom. The van der Waals surface area contributed by atoms with E-state index >= 15 is 0 Å². The number of anilines is 2. The number of nitrogen functional groups attached to an aromatic ring is 1. The minimum Gasteiger partial charge on any atom is -0.478 e. The summed E-state index contributed by atoms with van der Waals surface area (Å²) in [4.78, 5) is 12.9. The van der Waals surface area contributed by atoms with E-state index in [9.17, 15) is 9.90 Å². The lowest BCUT2D eigenvalue weighted by Gasteiger charge is -2.24. The van der Waals surface area contributed by atoms with E-state index in [-0.39, 0.29) is 17.9 Å². The first-order valence-corrected chi connectivity index (χ1v) is 6.64. The van der Waals surface area contributed by atoms with Crippen molar-refractivity contribution in [1.29, 1.82) is 0 Å². The fourth-order valence-corrected chi connectivity index (χ4v) is 2.17. The fourth-order valence-electron chi connectivity index (χ4n) is 2.17. The zero-order valence-corrected chi connectivity index (χ0v) is 11.6. The van der Waals surface area contributed by atoms with Crippen molar-refractivity contribution in [3.63, 3.8) is 0 Å². The molecule has 0 bridgehead atoms. The first kappa shape index (κ1) is 14.9. The van der Waals surface area contributed by atoms with Crippen molar-refractivity contribution in [3.05, 3.63) is 59.7 Å². The molecule has 110 valence electrons. The Kier molecular flexibility index (Phi) is 4.79. The Bertz CT molecular complexity index is 614. The Labute approximate surface area is 123 Å². The minimum absolute atomic E-state index is 0.00736. The summed E-state index contributed by atoms with van der Waals surface area (Å²) >= 11 is 0. The largest absolute Gasteiger partial charge is 0.478 e. The summed E-state index contributed by atoms with van der Waals surface area (Å²) in [6.07, 6.45) is 0. The number of nitrogens with two attached hydrogens (primary N) is 1. The number of aliphatic hydroxyl groups excluding tert-OH is 1. The molecule has 0 fully saturated rings. The van der Waals surface area contributed by atoms with E-state index in [1.54, 1.807) is 12.1 Å². The molecule has 4 N–H and O–H groups in total. The Balaban J connectivity index is 2.26. The maximum Gasteiger partial charge on any atom is 0.337 e. The molecule has 2 aromatic carbocycles. The highest BCUT2D eigenvalue weighted by Crippen LogP contribution is 2.23. The van der Waals surface area contributed by atoms with Crippen LogP contribution < -0.4 is 10.6 Å². The van der Waals surface area contributed by atoms with Gasteiger partial charge in [-0.15, -0.1) is 0 Å². The summed E-state index contributed by atoms with van der Waals surface area (Å²) in [6.45, 7) is 1.07. The van der Waals surface area contributed by atoms with Crippen LogP contribution in [-0.4, -0.2) is 29.3 Å². The van der Waals surface area contributed by atoms with Crippen LogP contribution in [0.15, 0.2) is 48.5 Å². The van der Waals surface area contributed by atoms with Gasteiger partial charge in [-0.2, -0.15) is 0 Å². The molecule has 0 aliphatic rings. The highest BCUT2D eigenvalue weighted by molar-refractivity contribution is 5.94. The smallest absolute Gasteiger partial charge is 0.337 e. The van der Waals surface area contributed by atoms with E-state index in [1.165, 1.54) is 6.07 Å². The van der Waals surface area contributed by atoms with Crippen LogP contribution in [0.5, 0.6) is 0 Å². The molecule has 0 atom stereocenters. The van der Waals surface area contributed by atoms with Crippen LogP contribution in [0.4, 0.5) is 11.4 Å². The van der Waals surface area contributed by atoms with Gasteiger partial charge in [-0.05, 0) is 23.8 Å². The SMILES string of the molecule is Nc1cc(N(CCO)Cc2ccccc2)ccc1C(=O)O. The maximum absolute atomic E-state index is 11.0. The summed E-state index contributed by atoms with van der Waals surface area (Å²) in [5.41, 5.74) is 7.97. The second-order valence-corrected chi connectivity index (χ2v) is 4.71. The quantitative estimate of drug-likeness (QED) is 0.707. The van der Waals surface area contributed by atoms with E-state index in [2.05, 4.69) is 0 Å². The molecule has 2 rings (SSSR count). The second kappa shape index (κ2) is 6.76. The van der Waals surface area contributed by atoms with Crippen LogP contribution in [0.1, 0.15) is 15.9 Å². The topological polar surface area (TPSA) is 86.8 Å². The summed E-state index contributed by atoms with van der Waals surface area (Å²) in [5.74, 6) is -1.05. The molecular formula is C16H18N2O3. The fraction of sp³-hybridized carbons (Fsp3) is 0.188. The predicted octanol–water partition coefficient (Wildman–Crippen LogP) is 1.97. The Morgan fingerprint density at radius 3 is 2.43 bits per heavy atom. The molecule has 5 nitrogen and oxygen atoms in total. The maximum atomic E-state index is 11.0. The number of carboxylic acid groups (broad SMARTS) is 1. The lowest BCUT2D eigenvalue weighted by Crippen LogP contribution is -2.26. The average molecular weight is 286 g/mol. The van der Waals surface area contributed by atoms with Crippen LogP contribution in [0.25, 0.3) is 0 Å². The molecule has 21 heavy (non-hydrogen) atoms. The number of nitrogens with zero attached hydrogens (tertiary/aromatic N) is 1. The third kappa shape index (κ3) is 3.73.